The van der Waals surface area contributed by atoms with Gasteiger partial charge in [0.2, 0.25) is 6.54 Å². The van der Waals surface area contributed by atoms with Gasteiger partial charge in [0.1, 0.15) is 6.07 Å². The molecule has 1 heterocycles. The highest BCUT2D eigenvalue weighted by molar-refractivity contribution is 5.82. The summed E-state index contributed by atoms with van der Waals surface area (Å²) >= 11 is 0. The normalized spacial score (nSPS) is 43.3. The molecule has 9 atom stereocenters. The van der Waals surface area contributed by atoms with E-state index in [0.717, 1.165) is 44.9 Å². The number of hydrogen-bond donors (Lipinski definition) is 1. The van der Waals surface area contributed by atoms with Gasteiger partial charge in [-0.25, -0.2) is 0 Å². The van der Waals surface area contributed by atoms with E-state index in [4.69, 9.17) is 5.26 Å². The number of rotatable bonds is 5. The van der Waals surface area contributed by atoms with Gasteiger partial charge in [-0.1, -0.05) is 6.92 Å². The van der Waals surface area contributed by atoms with E-state index < -0.39 is 5.60 Å². The van der Waals surface area contributed by atoms with E-state index in [2.05, 4.69) is 12.0 Å². The Bertz CT molecular complexity index is 1010. The molecule has 0 radical (unpaired) electrons. The Kier molecular flexibility index (Phi) is 5.83. The van der Waals surface area contributed by atoms with Gasteiger partial charge in [0, 0.05) is 23.0 Å². The standard InChI is InChI=1S/C26H36N4O4/c1-25(32)7-5-19-17(10-25)3-4-21-20(19)6-8-26(2)22(9-18(24(21)26)14-30(33)34)23(31)15-29-13-16(11-27)12-28-29/h12-13,17-22,24,32H,3-10,14-15H2,1-2H3/t17-,18?,19+,20-,21-,22-,24+,25-,26-/m1/s1. The summed E-state index contributed by atoms with van der Waals surface area (Å²) in [5.74, 6) is 2.15. The smallest absolute Gasteiger partial charge is 0.207 e. The number of nitrogens with zero attached hydrogens (tertiary/aromatic N) is 4. The number of aromatic nitrogens is 2. The number of fused-ring (bicyclic) bond motifs is 5. The number of carbonyl (C=O) groups is 1. The van der Waals surface area contributed by atoms with Crippen LogP contribution in [0.15, 0.2) is 12.4 Å². The monoisotopic (exact) mass is 468 g/mol. The number of carbonyl (C=O) groups excluding carboxylic acids is 1. The lowest BCUT2D eigenvalue weighted by molar-refractivity contribution is -0.490. The molecule has 4 fully saturated rings. The Labute approximate surface area is 200 Å². The van der Waals surface area contributed by atoms with Crippen molar-refractivity contribution in [1.29, 1.82) is 5.26 Å². The number of Topliss-reactive ketones (excluding diaryl/α,β-unsaturated/α-hetero) is 1. The molecule has 1 aromatic heterocycles. The first-order valence-corrected chi connectivity index (χ1v) is 12.9. The maximum Gasteiger partial charge on any atom is 0.207 e. The molecule has 0 aliphatic heterocycles. The van der Waals surface area contributed by atoms with Crippen LogP contribution in [0.4, 0.5) is 0 Å². The zero-order chi connectivity index (χ0) is 24.3. The molecule has 0 saturated heterocycles. The van der Waals surface area contributed by atoms with Crippen LogP contribution >= 0.6 is 0 Å². The molecule has 5 rings (SSSR count). The molecule has 1 aromatic rings. The van der Waals surface area contributed by atoms with E-state index in [9.17, 15) is 20.0 Å². The van der Waals surface area contributed by atoms with Crippen LogP contribution in [-0.2, 0) is 11.3 Å². The minimum atomic E-state index is -0.561. The number of hydrogen-bond acceptors (Lipinski definition) is 6. The largest absolute Gasteiger partial charge is 0.390 e. The highest BCUT2D eigenvalue weighted by Gasteiger charge is 2.62. The van der Waals surface area contributed by atoms with Crippen molar-refractivity contribution in [2.75, 3.05) is 6.54 Å². The Hall–Kier alpha value is -2.27. The zero-order valence-corrected chi connectivity index (χ0v) is 20.2. The minimum Gasteiger partial charge on any atom is -0.390 e. The van der Waals surface area contributed by atoms with E-state index in [-0.39, 0.29) is 47.0 Å². The maximum atomic E-state index is 13.5. The van der Waals surface area contributed by atoms with Gasteiger partial charge in [0.05, 0.1) is 23.9 Å². The van der Waals surface area contributed by atoms with Crippen LogP contribution < -0.4 is 0 Å². The van der Waals surface area contributed by atoms with Crippen molar-refractivity contribution >= 4 is 5.78 Å². The fourth-order valence-corrected chi connectivity index (χ4v) is 9.03. The predicted octanol–water partition coefficient (Wildman–Crippen LogP) is 3.85. The van der Waals surface area contributed by atoms with Gasteiger partial charge in [-0.15, -0.1) is 0 Å². The summed E-state index contributed by atoms with van der Waals surface area (Å²) in [6.07, 6.45) is 10.6. The van der Waals surface area contributed by atoms with Crippen molar-refractivity contribution in [1.82, 2.24) is 9.78 Å². The summed E-state index contributed by atoms with van der Waals surface area (Å²) in [6.45, 7) is 4.24. The molecule has 0 bridgehead atoms. The first-order chi connectivity index (χ1) is 16.1. The van der Waals surface area contributed by atoms with Crippen molar-refractivity contribution in [3.05, 3.63) is 28.1 Å². The molecule has 0 amide bonds. The second-order valence-electron chi connectivity index (χ2n) is 12.2. The van der Waals surface area contributed by atoms with Crippen LogP contribution in [0.25, 0.3) is 0 Å². The Morgan fingerprint density at radius 3 is 2.74 bits per heavy atom. The van der Waals surface area contributed by atoms with Crippen LogP contribution in [-0.4, -0.2) is 37.7 Å². The average molecular weight is 469 g/mol. The topological polar surface area (TPSA) is 122 Å². The summed E-state index contributed by atoms with van der Waals surface area (Å²) in [4.78, 5) is 25.0. The van der Waals surface area contributed by atoms with E-state index in [0.29, 0.717) is 35.7 Å². The van der Waals surface area contributed by atoms with Crippen molar-refractivity contribution in [3.8, 4) is 6.07 Å². The second kappa shape index (κ2) is 8.44. The van der Waals surface area contributed by atoms with E-state index in [1.807, 2.05) is 13.0 Å². The summed E-state index contributed by atoms with van der Waals surface area (Å²) < 4.78 is 1.53. The van der Waals surface area contributed by atoms with Gasteiger partial charge < -0.3 is 5.11 Å². The summed E-state index contributed by atoms with van der Waals surface area (Å²) in [5.41, 5.74) is -0.358. The summed E-state index contributed by atoms with van der Waals surface area (Å²) in [7, 11) is 0. The molecule has 0 aromatic carbocycles. The van der Waals surface area contributed by atoms with Crippen LogP contribution in [0.5, 0.6) is 0 Å². The quantitative estimate of drug-likeness (QED) is 0.517. The van der Waals surface area contributed by atoms with Crippen LogP contribution in [0.3, 0.4) is 0 Å². The third-order valence-electron chi connectivity index (χ3n) is 10.2. The lowest BCUT2D eigenvalue weighted by atomic mass is 9.48. The second-order valence-corrected chi connectivity index (χ2v) is 12.2. The molecule has 8 heteroatoms. The average Bonchev–Trinajstić information content (AvgIpc) is 3.34. The highest BCUT2D eigenvalue weighted by atomic mass is 16.6. The number of nitro groups is 1. The van der Waals surface area contributed by atoms with Gasteiger partial charge >= 0.3 is 0 Å². The molecule has 34 heavy (non-hydrogen) atoms. The lowest BCUT2D eigenvalue weighted by Gasteiger charge is -2.57. The third-order valence-corrected chi connectivity index (χ3v) is 10.2. The van der Waals surface area contributed by atoms with E-state index in [1.54, 1.807) is 6.20 Å². The van der Waals surface area contributed by atoms with Gasteiger partial charge in [-0.2, -0.15) is 10.4 Å². The fourth-order valence-electron chi connectivity index (χ4n) is 9.03. The van der Waals surface area contributed by atoms with Crippen LogP contribution in [0.1, 0.15) is 70.8 Å². The Balaban J connectivity index is 1.40. The highest BCUT2D eigenvalue weighted by Crippen LogP contribution is 2.66. The predicted molar refractivity (Wildman–Crippen MR) is 124 cm³/mol. The molecule has 4 aliphatic carbocycles. The van der Waals surface area contributed by atoms with Crippen molar-refractivity contribution < 1.29 is 14.8 Å². The molecule has 4 aliphatic rings. The zero-order valence-electron chi connectivity index (χ0n) is 20.2. The molecular formula is C26H36N4O4. The van der Waals surface area contributed by atoms with Gasteiger partial charge in [-0.3, -0.25) is 19.6 Å². The molecular weight excluding hydrogens is 432 g/mol. The number of ketones is 1. The fraction of sp³-hybridized carbons (Fsp3) is 0.808. The van der Waals surface area contributed by atoms with Gasteiger partial charge in [-0.05, 0) is 93.3 Å². The summed E-state index contributed by atoms with van der Waals surface area (Å²) in [5, 5.41) is 35.5. The molecule has 8 nitrogen and oxygen atoms in total. The maximum absolute atomic E-state index is 13.5. The summed E-state index contributed by atoms with van der Waals surface area (Å²) in [6, 6.07) is 2.05. The van der Waals surface area contributed by atoms with E-state index in [1.165, 1.54) is 10.9 Å². The van der Waals surface area contributed by atoms with E-state index >= 15 is 0 Å². The van der Waals surface area contributed by atoms with Crippen molar-refractivity contribution in [2.45, 2.75) is 77.4 Å². The van der Waals surface area contributed by atoms with Gasteiger partial charge in [0.25, 0.3) is 0 Å². The molecule has 0 spiro atoms. The molecule has 1 unspecified atom stereocenters. The molecule has 4 saturated carbocycles. The van der Waals surface area contributed by atoms with Gasteiger partial charge in [0.15, 0.2) is 5.78 Å². The first-order valence-electron chi connectivity index (χ1n) is 12.9. The minimum absolute atomic E-state index is 0.0591. The van der Waals surface area contributed by atoms with Crippen LogP contribution in [0, 0.1) is 68.3 Å². The number of nitriles is 1. The van der Waals surface area contributed by atoms with Crippen molar-refractivity contribution in [3.63, 3.8) is 0 Å². The van der Waals surface area contributed by atoms with Crippen molar-refractivity contribution in [2.24, 2.45) is 46.8 Å². The molecule has 184 valence electrons. The first kappa shape index (κ1) is 23.5. The SMILES string of the molecule is C[C@@]1(O)CC[C@H]2[C@H](CC[C@@H]3[C@@H]2CC[C@]2(C)[C@@H](C(=O)Cn4cc(C#N)cn4)CC(C[N+](=O)[O-])[C@@H]32)C1. The third kappa shape index (κ3) is 3.96. The Morgan fingerprint density at radius 2 is 2.03 bits per heavy atom. The molecule has 1 N–H and O–H groups in total. The Morgan fingerprint density at radius 1 is 1.26 bits per heavy atom. The lowest BCUT2D eigenvalue weighted by Crippen LogP contribution is -2.52. The number of aliphatic hydroxyl groups is 1. The van der Waals surface area contributed by atoms with Crippen LogP contribution in [0.2, 0.25) is 0 Å².